The number of benzene rings is 2. The number of nitrogens with one attached hydrogen (secondary N) is 1. The monoisotopic (exact) mass is 409 g/mol. The zero-order chi connectivity index (χ0) is 19.4. The molecule has 0 saturated heterocycles. The summed E-state index contributed by atoms with van der Waals surface area (Å²) in [7, 11) is 1.30. The molecule has 1 unspecified atom stereocenters. The highest BCUT2D eigenvalue weighted by atomic mass is 35.5. The molecule has 0 bridgehead atoms. The first-order valence-corrected chi connectivity index (χ1v) is 8.96. The molecule has 1 aliphatic heterocycles. The van der Waals surface area contributed by atoms with Crippen LogP contribution in [0.1, 0.15) is 28.4 Å². The Hall–Kier alpha value is -2.44. The Morgan fingerprint density at radius 3 is 2.56 bits per heavy atom. The van der Waals surface area contributed by atoms with E-state index in [1.54, 1.807) is 30.3 Å². The quantitative estimate of drug-likeness (QED) is 0.760. The Labute approximate surface area is 166 Å². The SMILES string of the molecule is COC(=O)CC(NC(=O)c1cc(Cl)c2c(c1)OCCO2)c1ccc(Cl)cc1. The Balaban J connectivity index is 1.84. The van der Waals surface area contributed by atoms with E-state index in [0.717, 1.165) is 5.56 Å². The number of rotatable bonds is 5. The molecule has 3 rings (SSSR count). The van der Waals surface area contributed by atoms with Gasteiger partial charge in [0.2, 0.25) is 0 Å². The Morgan fingerprint density at radius 1 is 1.15 bits per heavy atom. The smallest absolute Gasteiger partial charge is 0.307 e. The maximum absolute atomic E-state index is 12.8. The van der Waals surface area contributed by atoms with Crippen molar-refractivity contribution >= 4 is 35.1 Å². The van der Waals surface area contributed by atoms with Gasteiger partial charge in [0.1, 0.15) is 13.2 Å². The molecule has 1 amide bonds. The highest BCUT2D eigenvalue weighted by Crippen LogP contribution is 2.38. The first-order chi connectivity index (χ1) is 13.0. The van der Waals surface area contributed by atoms with E-state index in [-0.39, 0.29) is 11.4 Å². The predicted molar refractivity (Wildman–Crippen MR) is 101 cm³/mol. The lowest BCUT2D eigenvalue weighted by molar-refractivity contribution is -0.141. The second kappa shape index (κ2) is 8.50. The molecular weight excluding hydrogens is 393 g/mol. The fourth-order valence-electron chi connectivity index (χ4n) is 2.68. The van der Waals surface area contributed by atoms with E-state index in [4.69, 9.17) is 37.4 Å². The molecule has 142 valence electrons. The number of hydrogen-bond acceptors (Lipinski definition) is 5. The van der Waals surface area contributed by atoms with Crippen molar-refractivity contribution in [3.05, 3.63) is 57.6 Å². The largest absolute Gasteiger partial charge is 0.486 e. The van der Waals surface area contributed by atoms with E-state index in [9.17, 15) is 9.59 Å². The Morgan fingerprint density at radius 2 is 1.85 bits per heavy atom. The van der Waals surface area contributed by atoms with Crippen molar-refractivity contribution in [3.8, 4) is 11.5 Å². The van der Waals surface area contributed by atoms with Gasteiger partial charge < -0.3 is 19.5 Å². The van der Waals surface area contributed by atoms with Crippen LogP contribution < -0.4 is 14.8 Å². The van der Waals surface area contributed by atoms with Crippen molar-refractivity contribution < 1.29 is 23.8 Å². The van der Waals surface area contributed by atoms with Crippen molar-refractivity contribution in [2.24, 2.45) is 0 Å². The van der Waals surface area contributed by atoms with Crippen molar-refractivity contribution in [1.82, 2.24) is 5.32 Å². The van der Waals surface area contributed by atoms with Crippen LogP contribution in [-0.2, 0) is 9.53 Å². The van der Waals surface area contributed by atoms with E-state index in [0.29, 0.717) is 35.3 Å². The minimum absolute atomic E-state index is 0.0256. The fourth-order valence-corrected chi connectivity index (χ4v) is 3.07. The van der Waals surface area contributed by atoms with Crippen LogP contribution in [-0.4, -0.2) is 32.2 Å². The van der Waals surface area contributed by atoms with Crippen LogP contribution in [0.25, 0.3) is 0 Å². The number of amides is 1. The molecule has 0 radical (unpaired) electrons. The standard InChI is InChI=1S/C19H17Cl2NO5/c1-25-17(23)10-15(11-2-4-13(20)5-3-11)22-19(24)12-8-14(21)18-16(9-12)26-6-7-27-18/h2-5,8-9,15H,6-7,10H2,1H3,(H,22,24). The molecule has 1 atom stereocenters. The number of carbonyl (C=O) groups is 2. The second-order valence-electron chi connectivity index (χ2n) is 5.84. The number of methoxy groups -OCH3 is 1. The van der Waals surface area contributed by atoms with Crippen LogP contribution in [0, 0.1) is 0 Å². The van der Waals surface area contributed by atoms with Gasteiger partial charge in [-0.15, -0.1) is 0 Å². The molecule has 6 nitrogen and oxygen atoms in total. The Kier molecular flexibility index (Phi) is 6.08. The molecule has 1 N–H and O–H groups in total. The zero-order valence-corrected chi connectivity index (χ0v) is 16.0. The first kappa shape index (κ1) is 19.3. The fraction of sp³-hybridized carbons (Fsp3) is 0.263. The average Bonchev–Trinajstić information content (AvgIpc) is 2.67. The molecular formula is C19H17Cl2NO5. The lowest BCUT2D eigenvalue weighted by atomic mass is 10.0. The van der Waals surface area contributed by atoms with Gasteiger partial charge in [-0.3, -0.25) is 9.59 Å². The van der Waals surface area contributed by atoms with Crippen LogP contribution in [0.3, 0.4) is 0 Å². The molecule has 1 aliphatic rings. The third-order valence-corrected chi connectivity index (χ3v) is 4.57. The van der Waals surface area contributed by atoms with Gasteiger partial charge in [0.05, 0.1) is 24.6 Å². The summed E-state index contributed by atoms with van der Waals surface area (Å²) in [6.07, 6.45) is -0.0256. The van der Waals surface area contributed by atoms with Gasteiger partial charge in [-0.1, -0.05) is 35.3 Å². The third kappa shape index (κ3) is 4.64. The van der Waals surface area contributed by atoms with Crippen LogP contribution >= 0.6 is 23.2 Å². The number of esters is 1. The van der Waals surface area contributed by atoms with Crippen molar-refractivity contribution in [3.63, 3.8) is 0 Å². The van der Waals surface area contributed by atoms with E-state index in [1.807, 2.05) is 0 Å². The summed E-state index contributed by atoms with van der Waals surface area (Å²) in [5, 5.41) is 3.67. The summed E-state index contributed by atoms with van der Waals surface area (Å²) in [5.41, 5.74) is 1.02. The highest BCUT2D eigenvalue weighted by molar-refractivity contribution is 6.32. The summed E-state index contributed by atoms with van der Waals surface area (Å²) in [6, 6.07) is 9.34. The molecule has 2 aromatic rings. The van der Waals surface area contributed by atoms with Gasteiger partial charge >= 0.3 is 5.97 Å². The van der Waals surface area contributed by atoms with Crippen molar-refractivity contribution in [1.29, 1.82) is 0 Å². The lowest BCUT2D eigenvalue weighted by Gasteiger charge is -2.21. The summed E-state index contributed by atoms with van der Waals surface area (Å²) < 4.78 is 15.7. The summed E-state index contributed by atoms with van der Waals surface area (Å²) >= 11 is 12.1. The first-order valence-electron chi connectivity index (χ1n) is 8.20. The van der Waals surface area contributed by atoms with Gasteiger partial charge in [0, 0.05) is 10.6 Å². The van der Waals surface area contributed by atoms with Gasteiger partial charge in [-0.2, -0.15) is 0 Å². The molecule has 0 fully saturated rings. The molecule has 2 aromatic carbocycles. The predicted octanol–water partition coefficient (Wildman–Crippen LogP) is 3.80. The van der Waals surface area contributed by atoms with Gasteiger partial charge in [0.25, 0.3) is 5.91 Å². The van der Waals surface area contributed by atoms with E-state index in [2.05, 4.69) is 5.32 Å². The van der Waals surface area contributed by atoms with E-state index >= 15 is 0 Å². The number of fused-ring (bicyclic) bond motifs is 1. The van der Waals surface area contributed by atoms with Crippen LogP contribution in [0.2, 0.25) is 10.0 Å². The molecule has 8 heteroatoms. The van der Waals surface area contributed by atoms with Crippen LogP contribution in [0.15, 0.2) is 36.4 Å². The van der Waals surface area contributed by atoms with Crippen molar-refractivity contribution in [2.75, 3.05) is 20.3 Å². The second-order valence-corrected chi connectivity index (χ2v) is 6.68. The van der Waals surface area contributed by atoms with Gasteiger partial charge in [-0.25, -0.2) is 0 Å². The van der Waals surface area contributed by atoms with Gasteiger partial charge in [-0.05, 0) is 29.8 Å². The third-order valence-electron chi connectivity index (χ3n) is 4.04. The van der Waals surface area contributed by atoms with E-state index < -0.39 is 17.9 Å². The number of hydrogen-bond donors (Lipinski definition) is 1. The molecule has 0 aromatic heterocycles. The molecule has 0 spiro atoms. The number of ether oxygens (including phenoxy) is 3. The number of carbonyl (C=O) groups excluding carboxylic acids is 2. The molecule has 27 heavy (non-hydrogen) atoms. The Bertz CT molecular complexity index is 854. The molecule has 0 saturated carbocycles. The lowest BCUT2D eigenvalue weighted by Crippen LogP contribution is -2.30. The molecule has 0 aliphatic carbocycles. The van der Waals surface area contributed by atoms with Gasteiger partial charge in [0.15, 0.2) is 11.5 Å². The van der Waals surface area contributed by atoms with Crippen molar-refractivity contribution in [2.45, 2.75) is 12.5 Å². The minimum atomic E-state index is -0.589. The normalized spacial score (nSPS) is 13.6. The highest BCUT2D eigenvalue weighted by Gasteiger charge is 2.23. The minimum Gasteiger partial charge on any atom is -0.486 e. The number of halogens is 2. The summed E-state index contributed by atoms with van der Waals surface area (Å²) in [4.78, 5) is 24.5. The summed E-state index contributed by atoms with van der Waals surface area (Å²) in [6.45, 7) is 0.778. The molecule has 1 heterocycles. The zero-order valence-electron chi connectivity index (χ0n) is 14.5. The van der Waals surface area contributed by atoms with Crippen LogP contribution in [0.4, 0.5) is 0 Å². The van der Waals surface area contributed by atoms with E-state index in [1.165, 1.54) is 13.2 Å². The maximum atomic E-state index is 12.8. The maximum Gasteiger partial charge on any atom is 0.307 e. The topological polar surface area (TPSA) is 73.9 Å². The van der Waals surface area contributed by atoms with Crippen LogP contribution in [0.5, 0.6) is 11.5 Å². The summed E-state index contributed by atoms with van der Waals surface area (Å²) in [5.74, 6) is -0.0219. The average molecular weight is 410 g/mol.